The van der Waals surface area contributed by atoms with E-state index in [2.05, 4.69) is 20.6 Å². The van der Waals surface area contributed by atoms with Crippen LogP contribution in [0.25, 0.3) is 21.3 Å². The van der Waals surface area contributed by atoms with Crippen LogP contribution in [0.5, 0.6) is 0 Å². The van der Waals surface area contributed by atoms with E-state index in [9.17, 15) is 17.2 Å². The predicted octanol–water partition coefficient (Wildman–Crippen LogP) is 1.87. The van der Waals surface area contributed by atoms with E-state index in [4.69, 9.17) is 4.42 Å². The third kappa shape index (κ3) is 5.03. The van der Waals surface area contributed by atoms with Crippen molar-refractivity contribution in [2.24, 2.45) is 0 Å². The summed E-state index contributed by atoms with van der Waals surface area (Å²) in [5.41, 5.74) is 5.01. The fraction of sp³-hybridized carbons (Fsp3) is 0.167. The van der Waals surface area contributed by atoms with Gasteiger partial charge in [0.1, 0.15) is 5.01 Å². The third-order valence-electron chi connectivity index (χ3n) is 4.27. The van der Waals surface area contributed by atoms with Crippen LogP contribution in [0.4, 0.5) is 0 Å². The predicted molar refractivity (Wildman–Crippen MR) is 115 cm³/mol. The second-order valence-corrected chi connectivity index (χ2v) is 10.4. The summed E-state index contributed by atoms with van der Waals surface area (Å²) in [5, 5.41) is 6.70. The van der Waals surface area contributed by atoms with Crippen LogP contribution in [-0.4, -0.2) is 38.6 Å². The normalized spacial score (nSPS) is 14.0. The molecule has 10 nitrogen and oxygen atoms in total. The molecule has 0 bridgehead atoms. The van der Waals surface area contributed by atoms with E-state index in [1.54, 1.807) is 0 Å². The standard InChI is InChI=1S/C18H17N5O5S3/c1-31(26,27)16(17-22-21-15(28-17)10-19-23-30(24)25)18-20-13-9-12(7-8-14(13)29-18)11-5-3-2-4-6-11/h2-9,16,19,23H,10H2,1H3,(H,24,25)/p-1. The Morgan fingerprint density at radius 2 is 1.94 bits per heavy atom. The summed E-state index contributed by atoms with van der Waals surface area (Å²) in [7, 11) is -3.68. The van der Waals surface area contributed by atoms with E-state index in [-0.39, 0.29) is 18.3 Å². The zero-order valence-corrected chi connectivity index (χ0v) is 18.5. The molecule has 2 aromatic carbocycles. The first-order valence-electron chi connectivity index (χ1n) is 8.86. The number of hydrazine groups is 1. The molecule has 0 spiro atoms. The Labute approximate surface area is 184 Å². The number of benzene rings is 2. The van der Waals surface area contributed by atoms with Gasteiger partial charge in [-0.05, 0) is 23.3 Å². The topological polar surface area (TPSA) is 150 Å². The summed E-state index contributed by atoms with van der Waals surface area (Å²) < 4.78 is 52.3. The van der Waals surface area contributed by atoms with Gasteiger partial charge in [0, 0.05) is 17.5 Å². The largest absolute Gasteiger partial charge is 0.759 e. The van der Waals surface area contributed by atoms with E-state index in [1.807, 2.05) is 53.4 Å². The van der Waals surface area contributed by atoms with Gasteiger partial charge in [-0.15, -0.1) is 21.5 Å². The molecule has 2 unspecified atom stereocenters. The molecule has 31 heavy (non-hydrogen) atoms. The summed E-state index contributed by atoms with van der Waals surface area (Å²) >= 11 is -1.28. The first-order valence-corrected chi connectivity index (χ1v) is 12.7. The van der Waals surface area contributed by atoms with Crippen LogP contribution >= 0.6 is 11.3 Å². The van der Waals surface area contributed by atoms with Crippen LogP contribution in [0.1, 0.15) is 22.0 Å². The van der Waals surface area contributed by atoms with Crippen LogP contribution in [0, 0.1) is 0 Å². The fourth-order valence-electron chi connectivity index (χ4n) is 2.95. The third-order valence-corrected chi connectivity index (χ3v) is 7.11. The number of nitrogens with one attached hydrogen (secondary N) is 2. The molecule has 0 fully saturated rings. The first-order chi connectivity index (χ1) is 14.8. The van der Waals surface area contributed by atoms with Crippen molar-refractivity contribution in [1.29, 1.82) is 0 Å². The van der Waals surface area contributed by atoms with Crippen molar-refractivity contribution < 1.29 is 21.6 Å². The number of fused-ring (bicyclic) bond motifs is 1. The minimum Gasteiger partial charge on any atom is -0.759 e. The Hall–Kier alpha value is -2.55. The van der Waals surface area contributed by atoms with Crippen LogP contribution in [0.15, 0.2) is 52.9 Å². The molecule has 0 amide bonds. The zero-order valence-electron chi connectivity index (χ0n) is 16.0. The Morgan fingerprint density at radius 3 is 2.65 bits per heavy atom. The number of rotatable bonds is 8. The second kappa shape index (κ2) is 8.90. The van der Waals surface area contributed by atoms with E-state index < -0.39 is 26.4 Å². The molecule has 4 aromatic rings. The van der Waals surface area contributed by atoms with Crippen molar-refractivity contribution in [3.05, 3.63) is 65.3 Å². The summed E-state index contributed by atoms with van der Waals surface area (Å²) in [6.45, 7) is -0.113. The molecule has 162 valence electrons. The van der Waals surface area contributed by atoms with Gasteiger partial charge in [0.15, 0.2) is 15.1 Å². The molecule has 2 atom stereocenters. The molecule has 0 saturated heterocycles. The highest BCUT2D eigenvalue weighted by molar-refractivity contribution is 7.91. The number of hydrogen-bond acceptors (Lipinski definition) is 10. The molecular weight excluding hydrogens is 462 g/mol. The van der Waals surface area contributed by atoms with E-state index in [1.165, 1.54) is 11.3 Å². The number of aromatic nitrogens is 3. The highest BCUT2D eigenvalue weighted by atomic mass is 32.2. The van der Waals surface area contributed by atoms with E-state index in [0.29, 0.717) is 10.5 Å². The molecular formula is C18H16N5O5S3-. The second-order valence-electron chi connectivity index (χ2n) is 6.53. The molecule has 0 radical (unpaired) electrons. The maximum absolute atomic E-state index is 12.5. The maximum atomic E-state index is 12.5. The molecule has 2 aromatic heterocycles. The van der Waals surface area contributed by atoms with Crippen LogP contribution in [0.3, 0.4) is 0 Å². The van der Waals surface area contributed by atoms with Crippen molar-refractivity contribution in [2.45, 2.75) is 11.8 Å². The zero-order chi connectivity index (χ0) is 22.0. The summed E-state index contributed by atoms with van der Waals surface area (Å²) in [5.74, 6) is -0.112. The van der Waals surface area contributed by atoms with E-state index in [0.717, 1.165) is 22.1 Å². The molecule has 2 heterocycles. The van der Waals surface area contributed by atoms with Gasteiger partial charge in [0.2, 0.25) is 11.8 Å². The lowest BCUT2D eigenvalue weighted by Gasteiger charge is -2.08. The first kappa shape index (κ1) is 21.7. The molecule has 0 aliphatic rings. The Bertz CT molecular complexity index is 1340. The minimum atomic E-state index is -3.68. The molecule has 13 heteroatoms. The minimum absolute atomic E-state index is 0.0223. The van der Waals surface area contributed by atoms with Gasteiger partial charge in [-0.3, -0.25) is 4.21 Å². The monoisotopic (exact) mass is 478 g/mol. The van der Waals surface area contributed by atoms with Gasteiger partial charge >= 0.3 is 0 Å². The van der Waals surface area contributed by atoms with Crippen molar-refractivity contribution in [3.63, 3.8) is 0 Å². The highest BCUT2D eigenvalue weighted by Gasteiger charge is 2.33. The number of hydrogen-bond donors (Lipinski definition) is 2. The van der Waals surface area contributed by atoms with Crippen LogP contribution in [-0.2, 0) is 27.6 Å². The van der Waals surface area contributed by atoms with Gasteiger partial charge in [-0.2, -0.15) is 4.83 Å². The fourth-order valence-corrected chi connectivity index (χ4v) is 5.62. The number of nitrogens with zero attached hydrogens (tertiary/aromatic N) is 3. The van der Waals surface area contributed by atoms with Gasteiger partial charge in [0.05, 0.1) is 16.8 Å². The summed E-state index contributed by atoms with van der Waals surface area (Å²) in [4.78, 5) is 6.48. The lowest BCUT2D eigenvalue weighted by molar-refractivity contribution is 0.424. The Kier molecular flexibility index (Phi) is 6.22. The Morgan fingerprint density at radius 1 is 1.16 bits per heavy atom. The molecule has 0 saturated carbocycles. The molecule has 0 aliphatic carbocycles. The number of sulfone groups is 1. The molecule has 4 rings (SSSR count). The lowest BCUT2D eigenvalue weighted by Crippen LogP contribution is -2.32. The average Bonchev–Trinajstić information content (AvgIpc) is 3.34. The number of thiazole rings is 1. The lowest BCUT2D eigenvalue weighted by atomic mass is 10.1. The highest BCUT2D eigenvalue weighted by Crippen LogP contribution is 2.36. The van der Waals surface area contributed by atoms with Crippen molar-refractivity contribution in [3.8, 4) is 11.1 Å². The quantitative estimate of drug-likeness (QED) is 0.286. The average molecular weight is 479 g/mol. The SMILES string of the molecule is CS(=O)(=O)C(c1nnc(CNNS(=O)[O-])o1)c1nc2cc(-c3ccccc3)ccc2s1. The van der Waals surface area contributed by atoms with Crippen molar-refractivity contribution in [2.75, 3.05) is 6.26 Å². The molecule has 0 aliphatic heterocycles. The van der Waals surface area contributed by atoms with Crippen molar-refractivity contribution >= 4 is 42.7 Å². The van der Waals surface area contributed by atoms with Gasteiger partial charge in [0.25, 0.3) is 0 Å². The van der Waals surface area contributed by atoms with Crippen LogP contribution < -0.4 is 10.3 Å². The van der Waals surface area contributed by atoms with Crippen molar-refractivity contribution in [1.82, 2.24) is 25.4 Å². The van der Waals surface area contributed by atoms with Gasteiger partial charge < -0.3 is 8.97 Å². The smallest absolute Gasteiger partial charge is 0.241 e. The van der Waals surface area contributed by atoms with Gasteiger partial charge in [-0.1, -0.05) is 36.4 Å². The Balaban J connectivity index is 1.67. The van der Waals surface area contributed by atoms with Crippen LogP contribution in [0.2, 0.25) is 0 Å². The summed E-state index contributed by atoms with van der Waals surface area (Å²) in [6, 6.07) is 15.6. The maximum Gasteiger partial charge on any atom is 0.241 e. The van der Waals surface area contributed by atoms with E-state index >= 15 is 0 Å². The molecule has 2 N–H and O–H groups in total. The summed E-state index contributed by atoms with van der Waals surface area (Å²) in [6.07, 6.45) is 1.07. The van der Waals surface area contributed by atoms with Gasteiger partial charge in [-0.25, -0.2) is 18.8 Å².